The maximum absolute atomic E-state index is 13.4. The van der Waals surface area contributed by atoms with Gasteiger partial charge in [-0.05, 0) is 48.4 Å². The molecule has 1 fully saturated rings. The van der Waals surface area contributed by atoms with Crippen molar-refractivity contribution in [2.45, 2.75) is 101 Å². The summed E-state index contributed by atoms with van der Waals surface area (Å²) in [6, 6.07) is 9.41. The maximum atomic E-state index is 13.4. The number of aliphatic carboxylic acids is 1. The number of hydrogen-bond acceptors (Lipinski definition) is 13. The number of aliphatic hydroxyl groups excluding tert-OH is 4. The first-order valence-corrected chi connectivity index (χ1v) is 18.1. The molecule has 19 nitrogen and oxygen atoms in total. The van der Waals surface area contributed by atoms with Gasteiger partial charge in [-0.1, -0.05) is 56.3 Å². The van der Waals surface area contributed by atoms with Gasteiger partial charge in [0.05, 0.1) is 19.2 Å². The highest BCUT2D eigenvalue weighted by atomic mass is 16.6. The molecule has 0 saturated carbocycles. The number of hydrogen-bond donors (Lipinski definition) is 12. The van der Waals surface area contributed by atoms with Crippen LogP contribution in [0.2, 0.25) is 0 Å². The molecule has 1 saturated heterocycles. The summed E-state index contributed by atoms with van der Waals surface area (Å²) in [5.41, 5.74) is 7.34. The number of amides is 5. The lowest BCUT2D eigenvalue weighted by Gasteiger charge is -2.40. The fourth-order valence-electron chi connectivity index (χ4n) is 5.81. The predicted octanol–water partition coefficient (Wildman–Crippen LogP) is -3.10. The third-order valence-corrected chi connectivity index (χ3v) is 8.90. The van der Waals surface area contributed by atoms with E-state index in [0.29, 0.717) is 11.1 Å². The van der Waals surface area contributed by atoms with E-state index in [1.165, 1.54) is 12.1 Å². The van der Waals surface area contributed by atoms with Crippen molar-refractivity contribution in [3.63, 3.8) is 0 Å². The Balaban J connectivity index is 1.71. The molecule has 1 aliphatic heterocycles. The highest BCUT2D eigenvalue weighted by molar-refractivity contribution is 5.94. The number of benzene rings is 2. The first-order chi connectivity index (χ1) is 26.5. The third kappa shape index (κ3) is 14.2. The zero-order chi connectivity index (χ0) is 41.5. The van der Waals surface area contributed by atoms with Gasteiger partial charge in [0.2, 0.25) is 29.5 Å². The van der Waals surface area contributed by atoms with Gasteiger partial charge < -0.3 is 67.7 Å². The number of nitrogens with two attached hydrogens (primary N) is 1. The van der Waals surface area contributed by atoms with Gasteiger partial charge in [-0.2, -0.15) is 0 Å². The number of aliphatic hydroxyl groups is 4. The second-order valence-electron chi connectivity index (χ2n) is 14.0. The number of carbonyl (C=O) groups excluding carboxylic acids is 5. The van der Waals surface area contributed by atoms with Crippen molar-refractivity contribution in [3.05, 3.63) is 65.7 Å². The number of phenols is 1. The van der Waals surface area contributed by atoms with E-state index < -0.39 is 110 Å². The molecule has 0 spiro atoms. The third-order valence-electron chi connectivity index (χ3n) is 8.90. The highest BCUT2D eigenvalue weighted by Gasteiger charge is 2.44. The Morgan fingerprint density at radius 3 is 1.98 bits per heavy atom. The molecule has 1 aliphatic rings. The van der Waals surface area contributed by atoms with Crippen LogP contribution in [0.3, 0.4) is 0 Å². The van der Waals surface area contributed by atoms with Gasteiger partial charge in [0.25, 0.3) is 0 Å². The van der Waals surface area contributed by atoms with E-state index in [0.717, 1.165) is 0 Å². The molecule has 5 amide bonds. The van der Waals surface area contributed by atoms with Crippen LogP contribution in [0.1, 0.15) is 44.2 Å². The van der Waals surface area contributed by atoms with Crippen molar-refractivity contribution in [3.8, 4) is 5.75 Å². The largest absolute Gasteiger partial charge is 0.508 e. The SMILES string of the molecule is CC(C)C[C@H](NC(=O)[C@H](Cc1ccccc1)NC(=O)CNC(=O)[C@@H](CCC(=O)N[C@@H]1O[C@H](CO)[C@@H](O)[C@H](O)[C@H]1O)NC(=O)[C@@H](N)Cc1ccc(O)cc1)C(=O)O. The van der Waals surface area contributed by atoms with Crippen LogP contribution in [-0.4, -0.2) is 134 Å². The second-order valence-corrected chi connectivity index (χ2v) is 14.0. The van der Waals surface area contributed by atoms with E-state index in [4.69, 9.17) is 10.5 Å². The van der Waals surface area contributed by atoms with Crippen molar-refractivity contribution in [2.75, 3.05) is 13.2 Å². The number of phenolic OH excluding ortho intramolecular Hbond substituents is 1. The van der Waals surface area contributed by atoms with Gasteiger partial charge in [0, 0.05) is 12.8 Å². The second kappa shape index (κ2) is 21.8. The first kappa shape index (κ1) is 45.2. The summed E-state index contributed by atoms with van der Waals surface area (Å²) in [6.45, 7) is 2.15. The molecular formula is C37H52N6O13. The molecule has 0 aromatic heterocycles. The van der Waals surface area contributed by atoms with Crippen molar-refractivity contribution in [1.82, 2.24) is 26.6 Å². The number of ether oxygens (including phenoxy) is 1. The van der Waals surface area contributed by atoms with Crippen molar-refractivity contribution < 1.29 is 64.1 Å². The van der Waals surface area contributed by atoms with E-state index in [-0.39, 0.29) is 37.4 Å². The molecule has 0 aliphatic carbocycles. The number of carboxylic acid groups (broad SMARTS) is 1. The van der Waals surface area contributed by atoms with Crippen LogP contribution in [-0.2, 0) is 46.3 Å². The molecule has 1 heterocycles. The molecule has 2 aromatic carbocycles. The topological polar surface area (TPSA) is 319 Å². The highest BCUT2D eigenvalue weighted by Crippen LogP contribution is 2.20. The standard InChI is InChI=1S/C37H52N6O13/c1-19(2)14-26(37(54)55)42-35(53)25(16-20-6-4-3-5-7-20)40-29(47)17-39-34(52)24(41-33(51)23(38)15-21-8-10-22(45)11-9-21)12-13-28(46)43-36-32(50)31(49)30(48)27(18-44)56-36/h3-11,19,23-27,30-32,36,44-45,48-50H,12-18,38H2,1-2H3,(H,39,52)(H,40,47)(H,41,51)(H,42,53)(H,43,46)(H,54,55)/t23-,24+,25-,26-,27+,30+,31-,32+,36+/m0/s1. The van der Waals surface area contributed by atoms with Gasteiger partial charge in [0.1, 0.15) is 48.3 Å². The Morgan fingerprint density at radius 2 is 1.38 bits per heavy atom. The minimum atomic E-state index is -1.77. The Kier molecular flexibility index (Phi) is 17.6. The Hall–Kier alpha value is -5.18. The summed E-state index contributed by atoms with van der Waals surface area (Å²) in [7, 11) is 0. The van der Waals surface area contributed by atoms with E-state index in [9.17, 15) is 59.4 Å². The van der Waals surface area contributed by atoms with E-state index in [2.05, 4.69) is 26.6 Å². The lowest BCUT2D eigenvalue weighted by Crippen LogP contribution is -2.63. The number of carboxylic acids is 1. The Labute approximate surface area is 323 Å². The molecule has 3 rings (SSSR count). The summed E-state index contributed by atoms with van der Waals surface area (Å²) >= 11 is 0. The Morgan fingerprint density at radius 1 is 0.750 bits per heavy atom. The number of carbonyl (C=O) groups is 6. The van der Waals surface area contributed by atoms with Gasteiger partial charge >= 0.3 is 5.97 Å². The van der Waals surface area contributed by atoms with Crippen LogP contribution in [0.5, 0.6) is 5.75 Å². The quantitative estimate of drug-likeness (QED) is 0.0633. The zero-order valence-corrected chi connectivity index (χ0v) is 31.0. The fraction of sp³-hybridized carbons (Fsp3) is 0.514. The molecule has 308 valence electrons. The minimum absolute atomic E-state index is 0.00265. The van der Waals surface area contributed by atoms with Crippen LogP contribution < -0.4 is 32.3 Å². The smallest absolute Gasteiger partial charge is 0.326 e. The number of nitrogens with one attached hydrogen (secondary N) is 5. The first-order valence-electron chi connectivity index (χ1n) is 18.1. The lowest BCUT2D eigenvalue weighted by atomic mass is 9.98. The van der Waals surface area contributed by atoms with Crippen LogP contribution in [0.4, 0.5) is 0 Å². The van der Waals surface area contributed by atoms with Gasteiger partial charge in [-0.15, -0.1) is 0 Å². The van der Waals surface area contributed by atoms with Crippen molar-refractivity contribution in [1.29, 1.82) is 0 Å². The number of aromatic hydroxyl groups is 1. The van der Waals surface area contributed by atoms with Crippen LogP contribution in [0.15, 0.2) is 54.6 Å². The van der Waals surface area contributed by atoms with Gasteiger partial charge in [-0.3, -0.25) is 24.0 Å². The molecule has 9 atom stereocenters. The molecular weight excluding hydrogens is 736 g/mol. The predicted molar refractivity (Wildman–Crippen MR) is 197 cm³/mol. The summed E-state index contributed by atoms with van der Waals surface area (Å²) < 4.78 is 5.29. The monoisotopic (exact) mass is 788 g/mol. The van der Waals surface area contributed by atoms with E-state index in [1.807, 2.05) is 0 Å². The number of rotatable bonds is 20. The summed E-state index contributed by atoms with van der Waals surface area (Å²) in [5, 5.41) is 71.1. The maximum Gasteiger partial charge on any atom is 0.326 e. The van der Waals surface area contributed by atoms with Crippen LogP contribution in [0.25, 0.3) is 0 Å². The molecule has 2 aromatic rings. The summed E-state index contributed by atoms with van der Waals surface area (Å²) in [6.07, 6.45) is -8.76. The van der Waals surface area contributed by atoms with Gasteiger partial charge in [-0.25, -0.2) is 4.79 Å². The van der Waals surface area contributed by atoms with Crippen molar-refractivity contribution in [2.24, 2.45) is 11.7 Å². The molecule has 0 unspecified atom stereocenters. The average Bonchev–Trinajstić information content (AvgIpc) is 3.16. The molecule has 0 bridgehead atoms. The summed E-state index contributed by atoms with van der Waals surface area (Å²) in [5.74, 6) is -5.45. The van der Waals surface area contributed by atoms with Crippen LogP contribution in [0, 0.1) is 5.92 Å². The van der Waals surface area contributed by atoms with Gasteiger partial charge in [0.15, 0.2) is 6.23 Å². The molecule has 0 radical (unpaired) electrons. The molecule has 19 heteroatoms. The average molecular weight is 789 g/mol. The zero-order valence-electron chi connectivity index (χ0n) is 31.0. The minimum Gasteiger partial charge on any atom is -0.508 e. The van der Waals surface area contributed by atoms with E-state index in [1.54, 1.807) is 56.3 Å². The fourth-order valence-corrected chi connectivity index (χ4v) is 5.81. The molecule has 56 heavy (non-hydrogen) atoms. The normalized spacial score (nSPS) is 21.5. The lowest BCUT2D eigenvalue weighted by molar-refractivity contribution is -0.236. The van der Waals surface area contributed by atoms with Crippen molar-refractivity contribution >= 4 is 35.5 Å². The van der Waals surface area contributed by atoms with E-state index >= 15 is 0 Å². The Bertz CT molecular complexity index is 1630. The molecule has 13 N–H and O–H groups in total. The summed E-state index contributed by atoms with van der Waals surface area (Å²) in [4.78, 5) is 77.8. The van der Waals surface area contributed by atoms with Crippen LogP contribution >= 0.6 is 0 Å².